The number of nitrogens with one attached hydrogen (secondary N) is 1. The van der Waals surface area contributed by atoms with Crippen molar-refractivity contribution in [2.75, 3.05) is 6.54 Å². The van der Waals surface area contributed by atoms with Gasteiger partial charge in [-0.1, -0.05) is 59.6 Å². The van der Waals surface area contributed by atoms with Crippen molar-refractivity contribution in [2.45, 2.75) is 39.8 Å². The van der Waals surface area contributed by atoms with E-state index in [1.54, 1.807) is 17.9 Å². The molecule has 26 heavy (non-hydrogen) atoms. The first kappa shape index (κ1) is 20.0. The van der Waals surface area contributed by atoms with E-state index in [2.05, 4.69) is 5.32 Å². The van der Waals surface area contributed by atoms with Crippen molar-refractivity contribution in [2.24, 2.45) is 0 Å². The van der Waals surface area contributed by atoms with Crippen LogP contribution in [0.2, 0.25) is 5.02 Å². The molecule has 0 aromatic heterocycles. The summed E-state index contributed by atoms with van der Waals surface area (Å²) in [6, 6.07) is 14.6. The van der Waals surface area contributed by atoms with Gasteiger partial charge >= 0.3 is 0 Å². The highest BCUT2D eigenvalue weighted by Gasteiger charge is 2.26. The minimum atomic E-state index is -0.580. The van der Waals surface area contributed by atoms with E-state index >= 15 is 0 Å². The van der Waals surface area contributed by atoms with E-state index in [0.29, 0.717) is 18.1 Å². The van der Waals surface area contributed by atoms with Crippen molar-refractivity contribution in [1.29, 1.82) is 0 Å². The van der Waals surface area contributed by atoms with Gasteiger partial charge in [0.25, 0.3) is 0 Å². The van der Waals surface area contributed by atoms with Gasteiger partial charge in [-0.2, -0.15) is 0 Å². The summed E-state index contributed by atoms with van der Waals surface area (Å²) in [7, 11) is 0. The quantitative estimate of drug-likeness (QED) is 0.804. The standard InChI is InChI=1S/C21H25ClN2O2/c1-4-23-21(26)16(3)24(14-18-10-5-6-11-19(18)22)20(25)13-17-9-7-8-15(2)12-17/h5-12,16H,4,13-14H2,1-3H3,(H,23,26)/t16-/m0/s1. The zero-order valence-corrected chi connectivity index (χ0v) is 16.2. The molecule has 0 aliphatic heterocycles. The summed E-state index contributed by atoms with van der Waals surface area (Å²) in [6.07, 6.45) is 0.246. The monoisotopic (exact) mass is 372 g/mol. The van der Waals surface area contributed by atoms with E-state index in [1.165, 1.54) is 0 Å². The second kappa shape index (κ2) is 9.39. The van der Waals surface area contributed by atoms with Gasteiger partial charge in [0.1, 0.15) is 6.04 Å². The topological polar surface area (TPSA) is 49.4 Å². The molecule has 2 aromatic carbocycles. The Morgan fingerprint density at radius 3 is 2.54 bits per heavy atom. The lowest BCUT2D eigenvalue weighted by molar-refractivity contribution is -0.140. The number of benzene rings is 2. The summed E-state index contributed by atoms with van der Waals surface area (Å²) < 4.78 is 0. The van der Waals surface area contributed by atoms with Gasteiger partial charge in [-0.15, -0.1) is 0 Å². The summed E-state index contributed by atoms with van der Waals surface area (Å²) in [6.45, 7) is 6.41. The number of halogens is 1. The molecule has 0 saturated carbocycles. The molecule has 4 nitrogen and oxygen atoms in total. The molecule has 138 valence electrons. The lowest BCUT2D eigenvalue weighted by atomic mass is 10.1. The summed E-state index contributed by atoms with van der Waals surface area (Å²) >= 11 is 6.26. The lowest BCUT2D eigenvalue weighted by Gasteiger charge is -2.29. The molecule has 0 spiro atoms. The molecule has 1 atom stereocenters. The molecule has 0 saturated heterocycles. The van der Waals surface area contributed by atoms with Gasteiger partial charge in [0, 0.05) is 18.1 Å². The molecule has 2 aromatic rings. The van der Waals surface area contributed by atoms with E-state index in [4.69, 9.17) is 11.6 Å². The van der Waals surface area contributed by atoms with Crippen molar-refractivity contribution in [3.05, 3.63) is 70.2 Å². The first-order valence-electron chi connectivity index (χ1n) is 8.78. The fourth-order valence-electron chi connectivity index (χ4n) is 2.81. The molecule has 0 unspecified atom stereocenters. The van der Waals surface area contributed by atoms with Crippen LogP contribution >= 0.6 is 11.6 Å². The third-order valence-electron chi connectivity index (χ3n) is 4.25. The van der Waals surface area contributed by atoms with Crippen LogP contribution in [0, 0.1) is 6.92 Å². The summed E-state index contributed by atoms with van der Waals surface area (Å²) in [5.41, 5.74) is 2.86. The molecule has 0 aliphatic carbocycles. The Balaban J connectivity index is 2.25. The normalized spacial score (nSPS) is 11.7. The van der Waals surface area contributed by atoms with Gasteiger partial charge in [-0.3, -0.25) is 9.59 Å². The van der Waals surface area contributed by atoms with E-state index in [-0.39, 0.29) is 18.2 Å². The third-order valence-corrected chi connectivity index (χ3v) is 4.62. The van der Waals surface area contributed by atoms with Gasteiger partial charge in [0.2, 0.25) is 11.8 Å². The van der Waals surface area contributed by atoms with Crippen molar-refractivity contribution < 1.29 is 9.59 Å². The minimum Gasteiger partial charge on any atom is -0.355 e. The lowest BCUT2D eigenvalue weighted by Crippen LogP contribution is -2.48. The second-order valence-corrected chi connectivity index (χ2v) is 6.76. The molecule has 2 amide bonds. The predicted molar refractivity (Wildman–Crippen MR) is 105 cm³/mol. The summed E-state index contributed by atoms with van der Waals surface area (Å²) in [5, 5.41) is 3.38. The van der Waals surface area contributed by atoms with Gasteiger partial charge in [0.15, 0.2) is 0 Å². The summed E-state index contributed by atoms with van der Waals surface area (Å²) in [5.74, 6) is -0.272. The van der Waals surface area contributed by atoms with Crippen molar-refractivity contribution in [1.82, 2.24) is 10.2 Å². The number of nitrogens with zero attached hydrogens (tertiary/aromatic N) is 1. The Hall–Kier alpha value is -2.33. The summed E-state index contributed by atoms with van der Waals surface area (Å²) in [4.78, 5) is 26.9. The Labute approximate surface area is 160 Å². The largest absolute Gasteiger partial charge is 0.355 e. The Bertz CT molecular complexity index is 776. The molecular weight excluding hydrogens is 348 g/mol. The Morgan fingerprint density at radius 1 is 1.15 bits per heavy atom. The first-order chi connectivity index (χ1) is 12.4. The zero-order chi connectivity index (χ0) is 19.1. The van der Waals surface area contributed by atoms with Crippen LogP contribution in [0.3, 0.4) is 0 Å². The van der Waals surface area contributed by atoms with Crippen LogP contribution in [0.1, 0.15) is 30.5 Å². The van der Waals surface area contributed by atoms with Crippen molar-refractivity contribution in [3.63, 3.8) is 0 Å². The van der Waals surface area contributed by atoms with Crippen LogP contribution in [0.5, 0.6) is 0 Å². The number of amides is 2. The van der Waals surface area contributed by atoms with Gasteiger partial charge in [-0.05, 0) is 38.0 Å². The SMILES string of the molecule is CCNC(=O)[C@H](C)N(Cc1ccccc1Cl)C(=O)Cc1cccc(C)c1. The average molecular weight is 373 g/mol. The number of carbonyl (C=O) groups is 2. The Morgan fingerprint density at radius 2 is 1.88 bits per heavy atom. The highest BCUT2D eigenvalue weighted by Crippen LogP contribution is 2.19. The second-order valence-electron chi connectivity index (χ2n) is 6.35. The number of rotatable bonds is 7. The maximum Gasteiger partial charge on any atom is 0.242 e. The Kier molecular flexibility index (Phi) is 7.22. The van der Waals surface area contributed by atoms with E-state index in [9.17, 15) is 9.59 Å². The molecule has 0 radical (unpaired) electrons. The molecule has 0 bridgehead atoms. The zero-order valence-electron chi connectivity index (χ0n) is 15.5. The smallest absolute Gasteiger partial charge is 0.242 e. The highest BCUT2D eigenvalue weighted by molar-refractivity contribution is 6.31. The minimum absolute atomic E-state index is 0.103. The van der Waals surface area contributed by atoms with Crippen LogP contribution in [0.4, 0.5) is 0 Å². The van der Waals surface area contributed by atoms with Crippen LogP contribution in [0.25, 0.3) is 0 Å². The van der Waals surface area contributed by atoms with Crippen molar-refractivity contribution >= 4 is 23.4 Å². The predicted octanol–water partition coefficient (Wildman–Crippen LogP) is 3.74. The van der Waals surface area contributed by atoms with Crippen LogP contribution in [-0.2, 0) is 22.6 Å². The maximum absolute atomic E-state index is 13.0. The van der Waals surface area contributed by atoms with Gasteiger partial charge in [0.05, 0.1) is 6.42 Å². The van der Waals surface area contributed by atoms with Crippen LogP contribution < -0.4 is 5.32 Å². The van der Waals surface area contributed by atoms with E-state index < -0.39 is 6.04 Å². The number of likely N-dealkylation sites (N-methyl/N-ethyl adjacent to an activating group) is 1. The average Bonchev–Trinajstić information content (AvgIpc) is 2.60. The number of carbonyl (C=O) groups excluding carboxylic acids is 2. The molecule has 0 heterocycles. The fraction of sp³-hybridized carbons (Fsp3) is 0.333. The number of aryl methyl sites for hydroxylation is 1. The van der Waals surface area contributed by atoms with E-state index in [0.717, 1.165) is 16.7 Å². The first-order valence-corrected chi connectivity index (χ1v) is 9.16. The molecule has 1 N–H and O–H groups in total. The maximum atomic E-state index is 13.0. The van der Waals surface area contributed by atoms with Gasteiger partial charge < -0.3 is 10.2 Å². The molecule has 2 rings (SSSR count). The molecule has 0 fully saturated rings. The molecule has 5 heteroatoms. The fourth-order valence-corrected chi connectivity index (χ4v) is 3.01. The van der Waals surface area contributed by atoms with E-state index in [1.807, 2.05) is 56.3 Å². The van der Waals surface area contributed by atoms with Crippen LogP contribution in [0.15, 0.2) is 48.5 Å². The van der Waals surface area contributed by atoms with Crippen molar-refractivity contribution in [3.8, 4) is 0 Å². The molecular formula is C21H25ClN2O2. The molecule has 0 aliphatic rings. The number of hydrogen-bond donors (Lipinski definition) is 1. The van der Waals surface area contributed by atoms with Gasteiger partial charge in [-0.25, -0.2) is 0 Å². The third kappa shape index (κ3) is 5.33. The highest BCUT2D eigenvalue weighted by atomic mass is 35.5. The number of hydrogen-bond acceptors (Lipinski definition) is 2. The van der Waals surface area contributed by atoms with Crippen LogP contribution in [-0.4, -0.2) is 29.3 Å².